The molecule has 1 heterocycles. The molecule has 1 aliphatic carbocycles. The maximum Gasteiger partial charge on any atom is 0.308 e. The molecule has 2 aliphatic rings. The second-order valence-corrected chi connectivity index (χ2v) is 8.26. The fraction of sp³-hybridized carbons (Fsp3) is 0.565. The third kappa shape index (κ3) is 3.90. The van der Waals surface area contributed by atoms with Crippen LogP contribution in [0.15, 0.2) is 29.8 Å². The second-order valence-electron chi connectivity index (χ2n) is 8.26. The van der Waals surface area contributed by atoms with E-state index in [1.807, 2.05) is 12.1 Å². The van der Waals surface area contributed by atoms with Crippen molar-refractivity contribution in [3.05, 3.63) is 35.4 Å². The van der Waals surface area contributed by atoms with E-state index in [1.165, 1.54) is 19.4 Å². The van der Waals surface area contributed by atoms with Crippen LogP contribution >= 0.6 is 0 Å². The second kappa shape index (κ2) is 8.19. The lowest BCUT2D eigenvalue weighted by molar-refractivity contribution is -0.180. The van der Waals surface area contributed by atoms with Crippen molar-refractivity contribution in [1.29, 1.82) is 0 Å². The van der Waals surface area contributed by atoms with Gasteiger partial charge in [-0.3, -0.25) is 9.59 Å². The minimum absolute atomic E-state index is 0.153. The van der Waals surface area contributed by atoms with Crippen molar-refractivity contribution in [2.24, 2.45) is 23.2 Å². The molecule has 0 N–H and O–H groups in total. The number of fused-ring (bicyclic) bond motifs is 2. The molecule has 0 aromatic heterocycles. The van der Waals surface area contributed by atoms with Crippen LogP contribution in [0.1, 0.15) is 46.3 Å². The molecular formula is C23H30O6. The predicted molar refractivity (Wildman–Crippen MR) is 108 cm³/mol. The highest BCUT2D eigenvalue weighted by Crippen LogP contribution is 2.56. The maximum absolute atomic E-state index is 11.5. The van der Waals surface area contributed by atoms with Crippen LogP contribution in [-0.4, -0.2) is 32.3 Å². The number of ether oxygens (including phenoxy) is 4. The molecule has 0 radical (unpaired) electrons. The largest absolute Gasteiger partial charge is 0.493 e. The van der Waals surface area contributed by atoms with Crippen LogP contribution in [0, 0.1) is 23.2 Å². The number of hydrogen-bond acceptors (Lipinski definition) is 6. The number of methoxy groups -OCH3 is 1. The maximum atomic E-state index is 11.5. The van der Waals surface area contributed by atoms with E-state index < -0.39 is 5.97 Å². The van der Waals surface area contributed by atoms with Crippen LogP contribution in [0.5, 0.6) is 11.5 Å². The van der Waals surface area contributed by atoms with Gasteiger partial charge in [-0.05, 0) is 36.5 Å². The van der Waals surface area contributed by atoms with Gasteiger partial charge in [-0.2, -0.15) is 0 Å². The van der Waals surface area contributed by atoms with Gasteiger partial charge in [-0.1, -0.05) is 31.6 Å². The Morgan fingerprint density at radius 1 is 1.17 bits per heavy atom. The first-order chi connectivity index (χ1) is 13.7. The highest BCUT2D eigenvalue weighted by Gasteiger charge is 2.54. The summed E-state index contributed by atoms with van der Waals surface area (Å²) in [5, 5.41) is 0. The standard InChI is InChI=1S/C23H30O6/c1-13-9-14(2)23(11-27-16(4)24)12-28-22(21(13)15(23)3)18-7-8-19(29-17(5)25)20(10-18)26-6/h7-10,14-15,21-22H,11-12H2,1-6H3/t14?,15?,21-,22?,23+/m0/s1. The monoisotopic (exact) mass is 402 g/mol. The molecule has 6 nitrogen and oxygen atoms in total. The first kappa shape index (κ1) is 21.4. The van der Waals surface area contributed by atoms with Crippen LogP contribution in [0.2, 0.25) is 0 Å². The van der Waals surface area contributed by atoms with Crippen LogP contribution in [0.4, 0.5) is 0 Å². The topological polar surface area (TPSA) is 71.1 Å². The molecular weight excluding hydrogens is 372 g/mol. The van der Waals surface area contributed by atoms with Crippen LogP contribution in [0.3, 0.4) is 0 Å². The van der Waals surface area contributed by atoms with Crippen molar-refractivity contribution in [2.75, 3.05) is 20.3 Å². The molecule has 158 valence electrons. The van der Waals surface area contributed by atoms with E-state index in [-0.39, 0.29) is 35.2 Å². The molecule has 2 bridgehead atoms. The molecule has 1 aliphatic heterocycles. The van der Waals surface area contributed by atoms with Gasteiger partial charge in [0.25, 0.3) is 0 Å². The highest BCUT2D eigenvalue weighted by atomic mass is 16.6. The minimum Gasteiger partial charge on any atom is -0.493 e. The smallest absolute Gasteiger partial charge is 0.308 e. The molecule has 6 heteroatoms. The summed E-state index contributed by atoms with van der Waals surface area (Å²) in [5.74, 6) is 0.885. The Hall–Kier alpha value is -2.34. The molecule has 0 amide bonds. The van der Waals surface area contributed by atoms with Gasteiger partial charge in [-0.15, -0.1) is 0 Å². The van der Waals surface area contributed by atoms with E-state index in [1.54, 1.807) is 13.2 Å². The first-order valence-electron chi connectivity index (χ1n) is 9.99. The average Bonchev–Trinajstić information content (AvgIpc) is 2.65. The average molecular weight is 402 g/mol. The Balaban J connectivity index is 1.95. The van der Waals surface area contributed by atoms with Crippen LogP contribution in [0.25, 0.3) is 0 Å². The molecule has 1 saturated heterocycles. The van der Waals surface area contributed by atoms with Gasteiger partial charge in [0.1, 0.15) is 0 Å². The third-order valence-electron chi connectivity index (χ3n) is 6.56. The van der Waals surface area contributed by atoms with Gasteiger partial charge in [0.2, 0.25) is 0 Å². The third-order valence-corrected chi connectivity index (χ3v) is 6.56. The van der Waals surface area contributed by atoms with Crippen molar-refractivity contribution in [3.8, 4) is 11.5 Å². The Bertz CT molecular complexity index is 829. The minimum atomic E-state index is -0.395. The summed E-state index contributed by atoms with van der Waals surface area (Å²) in [6.07, 6.45) is 2.13. The van der Waals surface area contributed by atoms with Gasteiger partial charge < -0.3 is 18.9 Å². The summed E-state index contributed by atoms with van der Waals surface area (Å²) in [7, 11) is 1.55. The van der Waals surface area contributed by atoms with E-state index in [0.717, 1.165) is 5.56 Å². The van der Waals surface area contributed by atoms with Crippen molar-refractivity contribution in [2.45, 2.75) is 40.7 Å². The summed E-state index contributed by atoms with van der Waals surface area (Å²) in [4.78, 5) is 22.8. The van der Waals surface area contributed by atoms with Crippen molar-refractivity contribution < 1.29 is 28.5 Å². The van der Waals surface area contributed by atoms with Crippen LogP contribution < -0.4 is 9.47 Å². The molecule has 3 rings (SSSR count). The van der Waals surface area contributed by atoms with Gasteiger partial charge in [-0.25, -0.2) is 0 Å². The van der Waals surface area contributed by atoms with Crippen molar-refractivity contribution >= 4 is 11.9 Å². The van der Waals surface area contributed by atoms with Gasteiger partial charge >= 0.3 is 11.9 Å². The lowest BCUT2D eigenvalue weighted by Gasteiger charge is -2.55. The van der Waals surface area contributed by atoms with Crippen molar-refractivity contribution in [1.82, 2.24) is 0 Å². The number of esters is 2. The van der Waals surface area contributed by atoms with Crippen molar-refractivity contribution in [3.63, 3.8) is 0 Å². The molecule has 0 spiro atoms. The molecule has 1 fully saturated rings. The fourth-order valence-electron chi connectivity index (χ4n) is 4.89. The molecule has 1 aromatic carbocycles. The predicted octanol–water partition coefficient (Wildman–Crippen LogP) is 4.09. The molecule has 0 saturated carbocycles. The van der Waals surface area contributed by atoms with Gasteiger partial charge in [0, 0.05) is 25.2 Å². The lowest BCUT2D eigenvalue weighted by Crippen LogP contribution is -2.54. The van der Waals surface area contributed by atoms with E-state index in [0.29, 0.717) is 24.7 Å². The Kier molecular flexibility index (Phi) is 6.03. The SMILES string of the molecule is COc1cc(C2OC[C@]3(COC(C)=O)C(C)C=C(C)[C@H]2C3C)ccc1OC(C)=O. The Labute approximate surface area is 172 Å². The van der Waals surface area contributed by atoms with Crippen LogP contribution in [-0.2, 0) is 19.1 Å². The van der Waals surface area contributed by atoms with Gasteiger partial charge in [0.05, 0.1) is 26.4 Å². The zero-order valence-electron chi connectivity index (χ0n) is 18.0. The fourth-order valence-corrected chi connectivity index (χ4v) is 4.89. The highest BCUT2D eigenvalue weighted by molar-refractivity contribution is 5.70. The summed E-state index contributed by atoms with van der Waals surface area (Å²) < 4.78 is 22.5. The summed E-state index contributed by atoms with van der Waals surface area (Å²) >= 11 is 0. The number of hydrogen-bond donors (Lipinski definition) is 0. The summed E-state index contributed by atoms with van der Waals surface area (Å²) in [5.41, 5.74) is 2.00. The molecule has 1 aromatic rings. The van der Waals surface area contributed by atoms with E-state index >= 15 is 0 Å². The quantitative estimate of drug-likeness (QED) is 0.420. The van der Waals surface area contributed by atoms with E-state index in [4.69, 9.17) is 18.9 Å². The summed E-state index contributed by atoms with van der Waals surface area (Å²) in [6.45, 7) is 10.2. The zero-order valence-corrected chi connectivity index (χ0v) is 18.0. The summed E-state index contributed by atoms with van der Waals surface area (Å²) in [6, 6.07) is 5.54. The number of carbonyl (C=O) groups excluding carboxylic acids is 2. The number of carbonyl (C=O) groups is 2. The lowest BCUT2D eigenvalue weighted by atomic mass is 9.56. The molecule has 3 unspecified atom stereocenters. The first-order valence-corrected chi connectivity index (χ1v) is 9.99. The number of benzene rings is 1. The van der Waals surface area contributed by atoms with E-state index in [9.17, 15) is 9.59 Å². The molecule has 5 atom stereocenters. The Morgan fingerprint density at radius 3 is 2.52 bits per heavy atom. The van der Waals surface area contributed by atoms with Gasteiger partial charge in [0.15, 0.2) is 11.5 Å². The normalized spacial score (nSPS) is 30.9. The Morgan fingerprint density at radius 2 is 1.90 bits per heavy atom. The van der Waals surface area contributed by atoms with E-state index in [2.05, 4.69) is 26.8 Å². The zero-order chi connectivity index (χ0) is 21.3. The molecule has 29 heavy (non-hydrogen) atoms. The number of allylic oxidation sites excluding steroid dienone is 1. The number of rotatable bonds is 5.